The number of oxazole rings is 2. The minimum atomic E-state index is -0.711. The van der Waals surface area contributed by atoms with Crippen LogP contribution >= 0.6 is 23.2 Å². The van der Waals surface area contributed by atoms with Crippen molar-refractivity contribution in [2.24, 2.45) is 11.8 Å². The van der Waals surface area contributed by atoms with E-state index in [-0.39, 0.29) is 60.0 Å². The molecule has 14 heteroatoms. The SMILES string of the molecule is COC(=O)CC1CCC(c2ccc(CC(=O)CCCC(=O)c3nc(-c4ccccc4Cl)oc3C)cc2)CC1.Cc1oc(-c2ccccc2Cl)nc1C(=O)CCCC(=O)Cc1ccc(C2CCC(CC(=O)O)CC2)cc1. The summed E-state index contributed by atoms with van der Waals surface area (Å²) < 4.78 is 16.2. The second kappa shape index (κ2) is 27.3. The molecule has 0 spiro atoms. The second-order valence-corrected chi connectivity index (χ2v) is 20.9. The zero-order chi connectivity index (χ0) is 53.4. The molecule has 2 fully saturated rings. The van der Waals surface area contributed by atoms with Gasteiger partial charge in [0.2, 0.25) is 11.8 Å². The number of rotatable bonds is 22. The predicted molar refractivity (Wildman–Crippen MR) is 288 cm³/mol. The maximum atomic E-state index is 12.7. The van der Waals surface area contributed by atoms with E-state index in [0.29, 0.717) is 113 Å². The zero-order valence-electron chi connectivity index (χ0n) is 43.0. The number of esters is 1. The van der Waals surface area contributed by atoms with Crippen LogP contribution in [0.5, 0.6) is 0 Å². The lowest BCUT2D eigenvalue weighted by molar-refractivity contribution is -0.142. The van der Waals surface area contributed by atoms with Crippen molar-refractivity contribution in [1.82, 2.24) is 9.97 Å². The number of hydrogen-bond acceptors (Lipinski definition) is 11. The summed E-state index contributed by atoms with van der Waals surface area (Å²) >= 11 is 12.4. The van der Waals surface area contributed by atoms with E-state index < -0.39 is 5.97 Å². The monoisotopic (exact) mass is 1060 g/mol. The number of carboxylic acid groups (broad SMARTS) is 1. The van der Waals surface area contributed by atoms with Crippen LogP contribution in [0.25, 0.3) is 22.9 Å². The molecule has 2 saturated carbocycles. The summed E-state index contributed by atoms with van der Waals surface area (Å²) in [7, 11) is 1.44. The molecule has 2 aliphatic carbocycles. The maximum absolute atomic E-state index is 12.7. The highest BCUT2D eigenvalue weighted by Gasteiger charge is 2.27. The summed E-state index contributed by atoms with van der Waals surface area (Å²) in [5, 5.41) is 10.0. The molecule has 2 heterocycles. The summed E-state index contributed by atoms with van der Waals surface area (Å²) in [6.45, 7) is 3.42. The van der Waals surface area contributed by atoms with Crippen LogP contribution in [0.15, 0.2) is 106 Å². The Morgan fingerprint density at radius 2 is 0.933 bits per heavy atom. The van der Waals surface area contributed by atoms with Crippen molar-refractivity contribution in [2.75, 3.05) is 7.11 Å². The third kappa shape index (κ3) is 16.2. The Balaban J connectivity index is 0.000000219. The number of carbonyl (C=O) groups excluding carboxylic acids is 5. The first-order valence-corrected chi connectivity index (χ1v) is 26.9. The molecule has 0 bridgehead atoms. The lowest BCUT2D eigenvalue weighted by Crippen LogP contribution is -2.17. The standard InChI is InChI=1S/C31H34ClNO5.C30H32ClNO5/c1-20-30(33-31(38-20)26-7-3-4-8-27(26)32)28(35)9-5-6-25(34)18-21-10-14-23(15-11-21)24-16-12-22(13-17-24)19-29(36)37-2;1-19-29(32-30(37-19)25-6-2-3-7-26(25)31)27(34)8-4-5-24(33)17-20-9-13-22(14-10-20)23-15-11-21(12-16-23)18-28(35)36/h3-4,7-8,10-11,14-15,22,24H,5-6,9,12-13,16-19H2,1-2H3;2-3,6-7,9-10,13-14,21,23H,4-5,8,11-12,15-18H2,1H3,(H,35,36). The number of halogens is 2. The lowest BCUT2D eigenvalue weighted by atomic mass is 9.77. The number of ether oxygens (including phenoxy) is 1. The molecule has 12 nitrogen and oxygen atoms in total. The van der Waals surface area contributed by atoms with Crippen molar-refractivity contribution in [1.29, 1.82) is 0 Å². The molecular weight excluding hydrogens is 992 g/mol. The molecule has 8 rings (SSSR count). The molecular formula is C61H66Cl2N2O10. The summed E-state index contributed by atoms with van der Waals surface area (Å²) in [5.41, 5.74) is 6.37. The van der Waals surface area contributed by atoms with E-state index in [1.165, 1.54) is 18.2 Å². The molecule has 1 N–H and O–H groups in total. The van der Waals surface area contributed by atoms with Gasteiger partial charge in [0.05, 0.1) is 28.3 Å². The molecule has 2 aromatic heterocycles. The molecule has 0 aliphatic heterocycles. The van der Waals surface area contributed by atoms with Crippen molar-refractivity contribution < 1.29 is 47.4 Å². The Hall–Kier alpha value is -6.50. The third-order valence-corrected chi connectivity index (χ3v) is 15.3. The van der Waals surface area contributed by atoms with Crippen LogP contribution < -0.4 is 0 Å². The molecule has 0 radical (unpaired) electrons. The van der Waals surface area contributed by atoms with Crippen molar-refractivity contribution in [3.05, 3.63) is 152 Å². The van der Waals surface area contributed by atoms with E-state index in [9.17, 15) is 28.8 Å². The normalized spacial score (nSPS) is 17.3. The molecule has 2 aliphatic rings. The number of nitrogens with zero attached hydrogens (tertiary/aromatic N) is 2. The highest BCUT2D eigenvalue weighted by molar-refractivity contribution is 6.33. The first kappa shape index (κ1) is 56.2. The van der Waals surface area contributed by atoms with Crippen molar-refractivity contribution in [2.45, 2.75) is 141 Å². The number of aromatic nitrogens is 2. The Morgan fingerprint density at radius 3 is 1.31 bits per heavy atom. The number of aryl methyl sites for hydroxylation is 2. The molecule has 0 saturated heterocycles. The van der Waals surface area contributed by atoms with Gasteiger partial charge in [0, 0.05) is 51.4 Å². The minimum Gasteiger partial charge on any atom is -0.481 e. The van der Waals surface area contributed by atoms with E-state index >= 15 is 0 Å². The highest BCUT2D eigenvalue weighted by atomic mass is 35.5. The van der Waals surface area contributed by atoms with Crippen LogP contribution in [0, 0.1) is 25.7 Å². The van der Waals surface area contributed by atoms with Gasteiger partial charge >= 0.3 is 11.9 Å². The molecule has 4 aromatic carbocycles. The van der Waals surface area contributed by atoms with E-state index in [0.717, 1.165) is 62.5 Å². The van der Waals surface area contributed by atoms with Crippen molar-refractivity contribution in [3.63, 3.8) is 0 Å². The Kier molecular flexibility index (Phi) is 20.5. The van der Waals surface area contributed by atoms with E-state index in [2.05, 4.69) is 34.2 Å². The predicted octanol–water partition coefficient (Wildman–Crippen LogP) is 14.5. The fourth-order valence-electron chi connectivity index (χ4n) is 10.4. The van der Waals surface area contributed by atoms with Gasteiger partial charge in [-0.15, -0.1) is 0 Å². The summed E-state index contributed by atoms with van der Waals surface area (Å²) in [6, 6.07) is 30.9. The first-order valence-electron chi connectivity index (χ1n) is 26.1. The lowest BCUT2D eigenvalue weighted by Gasteiger charge is -2.28. The van der Waals surface area contributed by atoms with Gasteiger partial charge in [-0.3, -0.25) is 28.8 Å². The van der Waals surface area contributed by atoms with E-state index in [4.69, 9.17) is 41.9 Å². The fraction of sp³-hybridized carbons (Fsp3) is 0.410. The minimum absolute atomic E-state index is 0.100. The van der Waals surface area contributed by atoms with Gasteiger partial charge in [0.15, 0.2) is 11.6 Å². The number of methoxy groups -OCH3 is 1. The number of benzene rings is 4. The number of hydrogen-bond donors (Lipinski definition) is 1. The largest absolute Gasteiger partial charge is 0.481 e. The Morgan fingerprint density at radius 1 is 0.547 bits per heavy atom. The second-order valence-electron chi connectivity index (χ2n) is 20.1. The third-order valence-electron chi connectivity index (χ3n) is 14.6. The number of ketones is 4. The van der Waals surface area contributed by atoms with Crippen molar-refractivity contribution in [3.8, 4) is 22.9 Å². The topological polar surface area (TPSA) is 184 Å². The van der Waals surface area contributed by atoms with Gasteiger partial charge in [-0.05, 0) is 148 Å². The summed E-state index contributed by atoms with van der Waals surface area (Å²) in [4.78, 5) is 81.7. The quantitative estimate of drug-likeness (QED) is 0.0502. The van der Waals surface area contributed by atoms with Crippen LogP contribution in [0.3, 0.4) is 0 Å². The van der Waals surface area contributed by atoms with Crippen LogP contribution in [-0.4, -0.2) is 57.3 Å². The van der Waals surface area contributed by atoms with Crippen LogP contribution in [-0.2, 0) is 36.8 Å². The maximum Gasteiger partial charge on any atom is 0.305 e. The number of aliphatic carboxylic acids is 1. The average Bonchev–Trinajstić information content (AvgIpc) is 3.99. The molecule has 0 amide bonds. The van der Waals surface area contributed by atoms with Gasteiger partial charge in [0.25, 0.3) is 0 Å². The zero-order valence-corrected chi connectivity index (χ0v) is 44.6. The van der Waals surface area contributed by atoms with Crippen LogP contribution in [0.1, 0.15) is 169 Å². The van der Waals surface area contributed by atoms with Crippen LogP contribution in [0.4, 0.5) is 0 Å². The molecule has 394 valence electrons. The summed E-state index contributed by atoms with van der Waals surface area (Å²) in [5.74, 6) is 2.30. The average molecular weight is 1060 g/mol. The van der Waals surface area contributed by atoms with Crippen molar-refractivity contribution >= 4 is 58.3 Å². The molecule has 0 atom stereocenters. The number of Topliss-reactive ketones (excluding diaryl/α,β-unsaturated/α-hetero) is 4. The first-order chi connectivity index (χ1) is 36.1. The number of carbonyl (C=O) groups is 6. The highest BCUT2D eigenvalue weighted by Crippen LogP contribution is 2.39. The molecule has 75 heavy (non-hydrogen) atoms. The summed E-state index contributed by atoms with van der Waals surface area (Å²) in [6.07, 6.45) is 11.7. The number of carboxylic acids is 1. The fourth-order valence-corrected chi connectivity index (χ4v) is 10.8. The molecule has 6 aromatic rings. The van der Waals surface area contributed by atoms with Gasteiger partial charge < -0.3 is 18.7 Å². The van der Waals surface area contributed by atoms with Crippen LogP contribution in [0.2, 0.25) is 10.0 Å². The van der Waals surface area contributed by atoms with E-state index in [1.807, 2.05) is 48.5 Å². The van der Waals surface area contributed by atoms with E-state index in [1.54, 1.807) is 38.1 Å². The Bertz CT molecular complexity index is 2920. The van der Waals surface area contributed by atoms with Gasteiger partial charge in [-0.1, -0.05) is 96.0 Å². The Labute approximate surface area is 449 Å². The van der Waals surface area contributed by atoms with Gasteiger partial charge in [0.1, 0.15) is 34.5 Å². The van der Waals surface area contributed by atoms with Gasteiger partial charge in [-0.2, -0.15) is 0 Å². The smallest absolute Gasteiger partial charge is 0.305 e. The van der Waals surface area contributed by atoms with Gasteiger partial charge in [-0.25, -0.2) is 9.97 Å². The molecule has 0 unspecified atom stereocenters.